The lowest BCUT2D eigenvalue weighted by Gasteiger charge is -2.31. The first-order chi connectivity index (χ1) is 8.93. The average molecular weight is 329 g/mol. The van der Waals surface area contributed by atoms with Crippen LogP contribution in [0.4, 0.5) is 0 Å². The van der Waals surface area contributed by atoms with E-state index in [-0.39, 0.29) is 5.97 Å². The van der Waals surface area contributed by atoms with Crippen molar-refractivity contribution < 1.29 is 14.6 Å². The SMILES string of the molecule is CCCC(C(=O)OCC)C(C)(O)c1ccc(Br)cc1. The van der Waals surface area contributed by atoms with E-state index < -0.39 is 11.5 Å². The maximum Gasteiger partial charge on any atom is 0.312 e. The van der Waals surface area contributed by atoms with E-state index in [1.165, 1.54) is 0 Å². The molecule has 0 aliphatic heterocycles. The lowest BCUT2D eigenvalue weighted by molar-refractivity contribution is -0.158. The lowest BCUT2D eigenvalue weighted by Crippen LogP contribution is -2.38. The molecule has 0 aliphatic carbocycles. The van der Waals surface area contributed by atoms with Crippen molar-refractivity contribution in [2.75, 3.05) is 6.61 Å². The molecule has 3 nitrogen and oxygen atoms in total. The van der Waals surface area contributed by atoms with Gasteiger partial charge in [0.2, 0.25) is 0 Å². The zero-order valence-corrected chi connectivity index (χ0v) is 13.2. The Balaban J connectivity index is 3.04. The fraction of sp³-hybridized carbons (Fsp3) is 0.533. The normalized spacial score (nSPS) is 15.6. The van der Waals surface area contributed by atoms with Gasteiger partial charge in [0.15, 0.2) is 0 Å². The third-order valence-electron chi connectivity index (χ3n) is 3.26. The zero-order valence-electron chi connectivity index (χ0n) is 11.6. The van der Waals surface area contributed by atoms with Gasteiger partial charge >= 0.3 is 5.97 Å². The van der Waals surface area contributed by atoms with Crippen LogP contribution in [0, 0.1) is 5.92 Å². The molecular formula is C15H21BrO3. The summed E-state index contributed by atoms with van der Waals surface area (Å²) in [4.78, 5) is 12.0. The van der Waals surface area contributed by atoms with Gasteiger partial charge in [-0.25, -0.2) is 0 Å². The van der Waals surface area contributed by atoms with Gasteiger partial charge in [-0.1, -0.05) is 41.4 Å². The Morgan fingerprint density at radius 2 is 1.95 bits per heavy atom. The van der Waals surface area contributed by atoms with Crippen molar-refractivity contribution in [3.8, 4) is 0 Å². The number of aliphatic hydroxyl groups is 1. The molecule has 0 heterocycles. The van der Waals surface area contributed by atoms with Crippen LogP contribution in [0.15, 0.2) is 28.7 Å². The zero-order chi connectivity index (χ0) is 14.5. The molecule has 1 N–H and O–H groups in total. The molecule has 0 fully saturated rings. The van der Waals surface area contributed by atoms with E-state index in [2.05, 4.69) is 15.9 Å². The summed E-state index contributed by atoms with van der Waals surface area (Å²) in [7, 11) is 0. The van der Waals surface area contributed by atoms with Gasteiger partial charge in [0, 0.05) is 4.47 Å². The van der Waals surface area contributed by atoms with Gasteiger partial charge in [0.1, 0.15) is 5.60 Å². The van der Waals surface area contributed by atoms with Crippen LogP contribution in [0.25, 0.3) is 0 Å². The number of ether oxygens (including phenoxy) is 1. The van der Waals surface area contributed by atoms with Crippen molar-refractivity contribution in [3.05, 3.63) is 34.3 Å². The van der Waals surface area contributed by atoms with Crippen LogP contribution in [-0.2, 0) is 15.1 Å². The predicted molar refractivity (Wildman–Crippen MR) is 78.7 cm³/mol. The van der Waals surface area contributed by atoms with E-state index in [4.69, 9.17) is 4.74 Å². The molecule has 2 atom stereocenters. The van der Waals surface area contributed by atoms with Crippen LogP contribution in [0.3, 0.4) is 0 Å². The second kappa shape index (κ2) is 7.06. The molecule has 0 bridgehead atoms. The summed E-state index contributed by atoms with van der Waals surface area (Å²) in [6.45, 7) is 5.77. The van der Waals surface area contributed by atoms with E-state index in [1.54, 1.807) is 13.8 Å². The van der Waals surface area contributed by atoms with Gasteiger partial charge in [-0.15, -0.1) is 0 Å². The van der Waals surface area contributed by atoms with E-state index >= 15 is 0 Å². The summed E-state index contributed by atoms with van der Waals surface area (Å²) < 4.78 is 6.02. The minimum absolute atomic E-state index is 0.329. The molecular weight excluding hydrogens is 308 g/mol. The summed E-state index contributed by atoms with van der Waals surface area (Å²) in [6.07, 6.45) is 1.41. The highest BCUT2D eigenvalue weighted by Crippen LogP contribution is 2.34. The number of carbonyl (C=O) groups is 1. The van der Waals surface area contributed by atoms with E-state index in [0.717, 1.165) is 16.5 Å². The van der Waals surface area contributed by atoms with Crippen molar-refractivity contribution in [1.29, 1.82) is 0 Å². The molecule has 2 unspecified atom stereocenters. The Bertz CT molecular complexity index is 412. The van der Waals surface area contributed by atoms with Crippen LogP contribution in [0.1, 0.15) is 39.2 Å². The Kier molecular flexibility index (Phi) is 6.01. The third kappa shape index (κ3) is 4.05. The monoisotopic (exact) mass is 328 g/mol. The number of hydrogen-bond acceptors (Lipinski definition) is 3. The van der Waals surface area contributed by atoms with Gasteiger partial charge in [-0.3, -0.25) is 4.79 Å². The molecule has 0 saturated carbocycles. The highest BCUT2D eigenvalue weighted by atomic mass is 79.9. The summed E-state index contributed by atoms with van der Waals surface area (Å²) in [6, 6.07) is 7.37. The van der Waals surface area contributed by atoms with Gasteiger partial charge in [0.25, 0.3) is 0 Å². The number of benzene rings is 1. The van der Waals surface area contributed by atoms with Gasteiger partial charge in [-0.05, 0) is 38.0 Å². The first kappa shape index (κ1) is 16.2. The van der Waals surface area contributed by atoms with Crippen molar-refractivity contribution in [3.63, 3.8) is 0 Å². The minimum atomic E-state index is -1.22. The number of hydrogen-bond donors (Lipinski definition) is 1. The minimum Gasteiger partial charge on any atom is -0.466 e. The van der Waals surface area contributed by atoms with E-state index in [0.29, 0.717) is 13.0 Å². The molecule has 1 rings (SSSR count). The summed E-state index contributed by atoms with van der Waals surface area (Å²) in [5, 5.41) is 10.7. The molecule has 0 saturated heterocycles. The second-order valence-corrected chi connectivity index (χ2v) is 5.66. The fourth-order valence-corrected chi connectivity index (χ4v) is 2.41. The predicted octanol–water partition coefficient (Wildman–Crippen LogP) is 3.64. The van der Waals surface area contributed by atoms with Crippen LogP contribution in [0.2, 0.25) is 0 Å². The standard InChI is InChI=1S/C15H21BrO3/c1-4-6-13(14(17)19-5-2)15(3,18)11-7-9-12(16)10-8-11/h7-10,13,18H,4-6H2,1-3H3. The maximum atomic E-state index is 12.0. The molecule has 0 amide bonds. The Labute approximate surface area is 123 Å². The van der Waals surface area contributed by atoms with Gasteiger partial charge in [0.05, 0.1) is 12.5 Å². The first-order valence-corrected chi connectivity index (χ1v) is 7.37. The Morgan fingerprint density at radius 3 is 2.42 bits per heavy atom. The maximum absolute atomic E-state index is 12.0. The van der Waals surface area contributed by atoms with E-state index in [1.807, 2.05) is 31.2 Å². The molecule has 0 aromatic heterocycles. The molecule has 0 radical (unpaired) electrons. The van der Waals surface area contributed by atoms with Crippen LogP contribution in [0.5, 0.6) is 0 Å². The van der Waals surface area contributed by atoms with Crippen molar-refractivity contribution in [1.82, 2.24) is 0 Å². The molecule has 4 heteroatoms. The molecule has 0 aliphatic rings. The average Bonchev–Trinajstić information content (AvgIpc) is 2.36. The highest BCUT2D eigenvalue weighted by molar-refractivity contribution is 9.10. The van der Waals surface area contributed by atoms with Crippen molar-refractivity contribution in [2.24, 2.45) is 5.92 Å². The van der Waals surface area contributed by atoms with Gasteiger partial charge < -0.3 is 9.84 Å². The first-order valence-electron chi connectivity index (χ1n) is 6.58. The molecule has 1 aromatic carbocycles. The second-order valence-electron chi connectivity index (χ2n) is 4.75. The quantitative estimate of drug-likeness (QED) is 0.811. The molecule has 106 valence electrons. The summed E-state index contributed by atoms with van der Waals surface area (Å²) >= 11 is 3.36. The molecule has 19 heavy (non-hydrogen) atoms. The molecule has 1 aromatic rings. The van der Waals surface area contributed by atoms with Crippen LogP contribution < -0.4 is 0 Å². The van der Waals surface area contributed by atoms with Crippen molar-refractivity contribution in [2.45, 2.75) is 39.2 Å². The van der Waals surface area contributed by atoms with E-state index in [9.17, 15) is 9.90 Å². The largest absolute Gasteiger partial charge is 0.466 e. The van der Waals surface area contributed by atoms with Crippen molar-refractivity contribution >= 4 is 21.9 Å². The van der Waals surface area contributed by atoms with Crippen LogP contribution >= 0.6 is 15.9 Å². The van der Waals surface area contributed by atoms with Gasteiger partial charge in [-0.2, -0.15) is 0 Å². The molecule has 0 spiro atoms. The smallest absolute Gasteiger partial charge is 0.312 e. The lowest BCUT2D eigenvalue weighted by atomic mass is 9.80. The summed E-state index contributed by atoms with van der Waals surface area (Å²) in [5.74, 6) is -0.879. The number of rotatable bonds is 6. The Morgan fingerprint density at radius 1 is 1.37 bits per heavy atom. The van der Waals surface area contributed by atoms with Crippen LogP contribution in [-0.4, -0.2) is 17.7 Å². The topological polar surface area (TPSA) is 46.5 Å². The third-order valence-corrected chi connectivity index (χ3v) is 3.78. The highest BCUT2D eigenvalue weighted by Gasteiger charge is 2.39. The fourth-order valence-electron chi connectivity index (χ4n) is 2.15. The summed E-state index contributed by atoms with van der Waals surface area (Å²) in [5.41, 5.74) is -0.495. The number of esters is 1. The number of halogens is 1. The number of carbonyl (C=O) groups excluding carboxylic acids is 1. The Hall–Kier alpha value is -0.870.